The molecule has 1 saturated heterocycles. The van der Waals surface area contributed by atoms with E-state index in [-0.39, 0.29) is 5.57 Å². The summed E-state index contributed by atoms with van der Waals surface area (Å²) in [6.45, 7) is 0. The molecule has 1 fully saturated rings. The van der Waals surface area contributed by atoms with Crippen LogP contribution in [0.3, 0.4) is 0 Å². The summed E-state index contributed by atoms with van der Waals surface area (Å²) in [5.74, 6) is -5.86. The SMILES string of the molecule is [2H]C1=C(Oc2c([2H])c([2H])c3c(c2[2H])C(=O)N(C)C3=O)C([2H])C2C(=O)N(C)C(=O)C2=C1[2H]. The second kappa shape index (κ2) is 5.14. The summed E-state index contributed by atoms with van der Waals surface area (Å²) in [5, 5.41) is 0. The third kappa shape index (κ3) is 2.12. The van der Waals surface area contributed by atoms with Gasteiger partial charge in [-0.25, -0.2) is 0 Å². The van der Waals surface area contributed by atoms with Gasteiger partial charge in [0.1, 0.15) is 11.5 Å². The van der Waals surface area contributed by atoms with Gasteiger partial charge < -0.3 is 4.74 Å². The lowest BCUT2D eigenvalue weighted by Gasteiger charge is -2.17. The Kier molecular flexibility index (Phi) is 2.04. The van der Waals surface area contributed by atoms with Crippen molar-refractivity contribution >= 4 is 23.6 Å². The van der Waals surface area contributed by atoms with E-state index < -0.39 is 88.8 Å². The highest BCUT2D eigenvalue weighted by Crippen LogP contribution is 2.35. The highest BCUT2D eigenvalue weighted by atomic mass is 16.5. The third-order valence-corrected chi connectivity index (χ3v) is 4.12. The molecule has 0 saturated carbocycles. The van der Waals surface area contributed by atoms with Crippen LogP contribution in [0, 0.1) is 5.92 Å². The average Bonchev–Trinajstić information content (AvgIpc) is 3.10. The van der Waals surface area contributed by atoms with Crippen LogP contribution in [0.1, 0.15) is 35.3 Å². The molecule has 4 rings (SSSR count). The number of likely N-dealkylation sites (N-methyl/N-ethyl adjacent to an activating group) is 1. The van der Waals surface area contributed by atoms with E-state index in [0.717, 1.165) is 11.9 Å². The van der Waals surface area contributed by atoms with Gasteiger partial charge in [-0.15, -0.1) is 0 Å². The van der Waals surface area contributed by atoms with Crippen LogP contribution in [0.15, 0.2) is 41.6 Å². The number of imide groups is 2. The summed E-state index contributed by atoms with van der Waals surface area (Å²) in [5.41, 5.74) is -1.16. The number of ether oxygens (including phenoxy) is 1. The fourth-order valence-corrected chi connectivity index (χ4v) is 2.71. The quantitative estimate of drug-likeness (QED) is 0.751. The Morgan fingerprint density at radius 1 is 1.04 bits per heavy atom. The molecule has 0 bridgehead atoms. The Bertz CT molecular complexity index is 1210. The first kappa shape index (κ1) is 9.93. The molecule has 0 N–H and O–H groups in total. The first-order valence-corrected chi connectivity index (χ1v) is 7.21. The summed E-state index contributed by atoms with van der Waals surface area (Å²) in [4.78, 5) is 50.6. The standard InChI is InChI=1S/C18H14N2O5/c1-19-15(21)11-5-3-9(7-13(11)17(19)23)25-10-4-6-12-14(8-10)18(24)20(2)16(12)22/h3-7,14H,8H2,1-2H3/i3D,4D,5D,6D,7D,8D. The van der Waals surface area contributed by atoms with E-state index >= 15 is 0 Å². The van der Waals surface area contributed by atoms with Crippen LogP contribution in [0.25, 0.3) is 0 Å². The largest absolute Gasteiger partial charge is 0.462 e. The molecular formula is C18H14N2O5. The fourth-order valence-electron chi connectivity index (χ4n) is 2.71. The number of carbonyl (C=O) groups excluding carboxylic acids is 4. The molecule has 0 spiro atoms. The Morgan fingerprint density at radius 2 is 1.76 bits per heavy atom. The van der Waals surface area contributed by atoms with Gasteiger partial charge in [0.25, 0.3) is 17.7 Å². The Balaban J connectivity index is 1.88. The molecule has 2 aliphatic heterocycles. The second-order valence-corrected chi connectivity index (χ2v) is 5.60. The molecule has 1 aliphatic carbocycles. The highest BCUT2D eigenvalue weighted by molar-refractivity contribution is 6.21. The van der Waals surface area contributed by atoms with Crippen molar-refractivity contribution in [3.63, 3.8) is 0 Å². The molecule has 1 aromatic rings. The van der Waals surface area contributed by atoms with Gasteiger partial charge in [-0.05, 0) is 30.2 Å². The topological polar surface area (TPSA) is 84.0 Å². The number of nitrogens with zero attached hydrogens (tertiary/aromatic N) is 2. The van der Waals surface area contributed by atoms with Crippen LogP contribution in [0.2, 0.25) is 0 Å². The number of hydrogen-bond acceptors (Lipinski definition) is 5. The van der Waals surface area contributed by atoms with Crippen molar-refractivity contribution in [2.75, 3.05) is 14.1 Å². The second-order valence-electron chi connectivity index (χ2n) is 5.60. The molecular weight excluding hydrogens is 324 g/mol. The predicted octanol–water partition coefficient (Wildman–Crippen LogP) is 1.12. The van der Waals surface area contributed by atoms with Crippen molar-refractivity contribution in [2.45, 2.75) is 6.40 Å². The summed E-state index contributed by atoms with van der Waals surface area (Å²) in [6.07, 6.45) is -1.63. The third-order valence-electron chi connectivity index (χ3n) is 4.12. The van der Waals surface area contributed by atoms with Crippen molar-refractivity contribution in [3.8, 4) is 5.75 Å². The smallest absolute Gasteiger partial charge is 0.261 e. The summed E-state index contributed by atoms with van der Waals surface area (Å²) in [7, 11) is 2.35. The van der Waals surface area contributed by atoms with Crippen molar-refractivity contribution in [3.05, 3.63) is 52.7 Å². The molecule has 7 nitrogen and oxygen atoms in total. The van der Waals surface area contributed by atoms with Gasteiger partial charge in [0.15, 0.2) is 0 Å². The van der Waals surface area contributed by atoms with E-state index in [0.29, 0.717) is 4.90 Å². The maximum Gasteiger partial charge on any atom is 0.261 e. The normalized spacial score (nSPS) is 29.2. The van der Waals surface area contributed by atoms with Gasteiger partial charge in [0.2, 0.25) is 5.91 Å². The monoisotopic (exact) mass is 344 g/mol. The van der Waals surface area contributed by atoms with Gasteiger partial charge in [0.05, 0.1) is 23.9 Å². The van der Waals surface area contributed by atoms with Gasteiger partial charge in [-0.1, -0.05) is 0 Å². The molecule has 2 atom stereocenters. The Hall–Kier alpha value is -3.22. The lowest BCUT2D eigenvalue weighted by atomic mass is 9.92. The number of fused-ring (bicyclic) bond motifs is 2. The predicted molar refractivity (Wildman–Crippen MR) is 85.5 cm³/mol. The number of likely N-dealkylation sites (tertiary alicyclic amines) is 1. The van der Waals surface area contributed by atoms with Crippen LogP contribution in [-0.2, 0) is 9.59 Å². The first-order chi connectivity index (χ1) is 14.4. The van der Waals surface area contributed by atoms with E-state index in [1.807, 2.05) is 0 Å². The van der Waals surface area contributed by atoms with Crippen molar-refractivity contribution in [1.29, 1.82) is 0 Å². The zero-order valence-electron chi connectivity index (χ0n) is 19.1. The van der Waals surface area contributed by atoms with Crippen LogP contribution in [0.4, 0.5) is 0 Å². The maximum absolute atomic E-state index is 12.4. The number of amides is 4. The lowest BCUT2D eigenvalue weighted by Crippen LogP contribution is -2.26. The van der Waals surface area contributed by atoms with E-state index in [2.05, 4.69) is 0 Å². The van der Waals surface area contributed by atoms with E-state index in [9.17, 15) is 19.2 Å². The molecule has 2 heterocycles. The zero-order valence-corrected chi connectivity index (χ0v) is 13.1. The molecule has 0 radical (unpaired) electrons. The van der Waals surface area contributed by atoms with Crippen molar-refractivity contribution in [1.82, 2.24) is 9.80 Å². The molecule has 126 valence electrons. The summed E-state index contributed by atoms with van der Waals surface area (Å²) >= 11 is 0. The minimum atomic E-state index is -1.63. The first-order valence-electron chi connectivity index (χ1n) is 10.3. The van der Waals surface area contributed by atoms with Gasteiger partial charge in [-0.2, -0.15) is 0 Å². The molecule has 4 amide bonds. The molecule has 2 unspecified atom stereocenters. The summed E-state index contributed by atoms with van der Waals surface area (Å²) in [6, 6.07) is -3.38. The van der Waals surface area contributed by atoms with Gasteiger partial charge in [0, 0.05) is 27.4 Å². The van der Waals surface area contributed by atoms with Crippen LogP contribution >= 0.6 is 0 Å². The van der Waals surface area contributed by atoms with E-state index in [4.69, 9.17) is 13.0 Å². The van der Waals surface area contributed by atoms with Gasteiger partial charge in [-0.3, -0.25) is 29.0 Å². The lowest BCUT2D eigenvalue weighted by molar-refractivity contribution is -0.137. The maximum atomic E-state index is 12.4. The van der Waals surface area contributed by atoms with Crippen LogP contribution < -0.4 is 4.74 Å². The molecule has 7 heteroatoms. The molecule has 0 aromatic heterocycles. The highest BCUT2D eigenvalue weighted by Gasteiger charge is 2.42. The van der Waals surface area contributed by atoms with Crippen LogP contribution in [-0.4, -0.2) is 47.5 Å². The van der Waals surface area contributed by atoms with E-state index in [1.54, 1.807) is 0 Å². The Labute approximate surface area is 151 Å². The van der Waals surface area contributed by atoms with Crippen LogP contribution in [0.5, 0.6) is 5.75 Å². The van der Waals surface area contributed by atoms with Crippen molar-refractivity contribution in [2.24, 2.45) is 5.92 Å². The molecule has 25 heavy (non-hydrogen) atoms. The molecule has 1 aromatic carbocycles. The minimum absolute atomic E-state index is 0.306. The van der Waals surface area contributed by atoms with Crippen molar-refractivity contribution < 1.29 is 32.1 Å². The number of hydrogen-bond donors (Lipinski definition) is 0. The number of benzene rings is 1. The number of rotatable bonds is 2. The minimum Gasteiger partial charge on any atom is -0.462 e. The Morgan fingerprint density at radius 3 is 2.52 bits per heavy atom. The van der Waals surface area contributed by atoms with E-state index in [1.165, 1.54) is 7.05 Å². The summed E-state index contributed by atoms with van der Waals surface area (Å²) < 4.78 is 54.5. The zero-order chi connectivity index (χ0) is 23.1. The fraction of sp³-hybridized carbons (Fsp3) is 0.222. The molecule has 3 aliphatic rings. The average molecular weight is 344 g/mol. The number of allylic oxidation sites excluding steroid dienone is 3. The van der Waals surface area contributed by atoms with Gasteiger partial charge >= 0.3 is 0 Å². The number of carbonyl (C=O) groups is 4.